The van der Waals surface area contributed by atoms with Gasteiger partial charge in [0.25, 0.3) is 0 Å². The topological polar surface area (TPSA) is 37.3 Å². The van der Waals surface area contributed by atoms with E-state index in [-0.39, 0.29) is 11.5 Å². The third-order valence-corrected chi connectivity index (χ3v) is 3.47. The highest BCUT2D eigenvalue weighted by Crippen LogP contribution is 2.37. The predicted octanol–water partition coefficient (Wildman–Crippen LogP) is 3.71. The van der Waals surface area contributed by atoms with Crippen LogP contribution >= 0.6 is 27.5 Å². The molecule has 0 radical (unpaired) electrons. The number of halogens is 2. The van der Waals surface area contributed by atoms with Gasteiger partial charge < -0.3 is 5.11 Å². The number of phenolic OH excluding ortho intramolecular Hbond substituents is 1. The van der Waals surface area contributed by atoms with E-state index in [9.17, 15) is 9.90 Å². The number of carbonyl (C=O) groups is 1. The van der Waals surface area contributed by atoms with Crippen molar-refractivity contribution in [2.75, 3.05) is 0 Å². The molecule has 1 aromatic carbocycles. The zero-order valence-electron chi connectivity index (χ0n) is 7.90. The standard InChI is InChI=1S/C10H10BrClO2/c1-3-7(13)6-4-5(2)9(12)8(11)10(6)14/h4,14H,3H2,1-2H3. The van der Waals surface area contributed by atoms with E-state index in [1.165, 1.54) is 0 Å². The lowest BCUT2D eigenvalue weighted by Crippen LogP contribution is -1.98. The largest absolute Gasteiger partial charge is 0.506 e. The Hall–Kier alpha value is -0.540. The van der Waals surface area contributed by atoms with E-state index in [4.69, 9.17) is 11.6 Å². The Morgan fingerprint density at radius 2 is 2.21 bits per heavy atom. The second kappa shape index (κ2) is 4.32. The van der Waals surface area contributed by atoms with E-state index in [2.05, 4.69) is 15.9 Å². The van der Waals surface area contributed by atoms with Crippen molar-refractivity contribution in [3.05, 3.63) is 26.7 Å². The van der Waals surface area contributed by atoms with E-state index in [0.717, 1.165) is 5.56 Å². The first-order chi connectivity index (χ1) is 6.49. The maximum Gasteiger partial charge on any atom is 0.166 e. The highest BCUT2D eigenvalue weighted by atomic mass is 79.9. The molecule has 2 nitrogen and oxygen atoms in total. The number of hydrogen-bond acceptors (Lipinski definition) is 2. The molecular formula is C10H10BrClO2. The molecule has 0 saturated carbocycles. The summed E-state index contributed by atoms with van der Waals surface area (Å²) >= 11 is 9.03. The summed E-state index contributed by atoms with van der Waals surface area (Å²) in [6, 6.07) is 1.61. The van der Waals surface area contributed by atoms with Gasteiger partial charge in [0.1, 0.15) is 5.75 Å². The minimum absolute atomic E-state index is 0.0764. The fourth-order valence-corrected chi connectivity index (χ4v) is 1.82. The van der Waals surface area contributed by atoms with Crippen LogP contribution in [0.1, 0.15) is 29.3 Å². The number of carbonyl (C=O) groups excluding carboxylic acids is 1. The van der Waals surface area contributed by atoms with Gasteiger partial charge in [-0.3, -0.25) is 4.79 Å². The van der Waals surface area contributed by atoms with Gasteiger partial charge in [-0.1, -0.05) is 18.5 Å². The highest BCUT2D eigenvalue weighted by molar-refractivity contribution is 9.10. The fourth-order valence-electron chi connectivity index (χ4n) is 1.15. The van der Waals surface area contributed by atoms with Gasteiger partial charge in [-0.25, -0.2) is 0 Å². The molecule has 1 rings (SSSR count). The molecule has 4 heteroatoms. The predicted molar refractivity (Wildman–Crippen MR) is 60.2 cm³/mol. The average molecular weight is 278 g/mol. The Bertz CT molecular complexity index is 388. The van der Waals surface area contributed by atoms with Gasteiger partial charge in [-0.15, -0.1) is 0 Å². The van der Waals surface area contributed by atoms with Crippen LogP contribution in [0.2, 0.25) is 5.02 Å². The SMILES string of the molecule is CCC(=O)c1cc(C)c(Cl)c(Br)c1O. The van der Waals surface area contributed by atoms with Crippen LogP contribution in [0.15, 0.2) is 10.5 Å². The molecule has 0 aliphatic carbocycles. The molecule has 0 saturated heterocycles. The van der Waals surface area contributed by atoms with Crippen LogP contribution in [-0.2, 0) is 0 Å². The Kier molecular flexibility index (Phi) is 3.56. The summed E-state index contributed by atoms with van der Waals surface area (Å²) < 4.78 is 0.385. The van der Waals surface area contributed by atoms with Crippen molar-refractivity contribution in [2.45, 2.75) is 20.3 Å². The minimum atomic E-state index is -0.0945. The number of aromatic hydroxyl groups is 1. The average Bonchev–Trinajstić information content (AvgIpc) is 2.19. The van der Waals surface area contributed by atoms with Crippen molar-refractivity contribution in [1.29, 1.82) is 0 Å². The molecule has 0 amide bonds. The first-order valence-corrected chi connectivity index (χ1v) is 5.36. The molecule has 0 heterocycles. The van der Waals surface area contributed by atoms with Crippen LogP contribution in [0.5, 0.6) is 5.75 Å². The van der Waals surface area contributed by atoms with E-state index in [1.807, 2.05) is 0 Å². The Morgan fingerprint density at radius 3 is 2.71 bits per heavy atom. The molecule has 76 valence electrons. The summed E-state index contributed by atoms with van der Waals surface area (Å²) in [5.41, 5.74) is 1.09. The summed E-state index contributed by atoms with van der Waals surface area (Å²) in [7, 11) is 0. The number of Topliss-reactive ketones (excluding diaryl/α,β-unsaturated/α-hetero) is 1. The first kappa shape index (κ1) is 11.5. The second-order valence-electron chi connectivity index (χ2n) is 2.99. The van der Waals surface area contributed by atoms with E-state index < -0.39 is 0 Å². The third-order valence-electron chi connectivity index (χ3n) is 1.98. The highest BCUT2D eigenvalue weighted by Gasteiger charge is 2.16. The van der Waals surface area contributed by atoms with Gasteiger partial charge in [-0.2, -0.15) is 0 Å². The van der Waals surface area contributed by atoms with E-state index >= 15 is 0 Å². The summed E-state index contributed by atoms with van der Waals surface area (Å²) in [6.45, 7) is 3.54. The van der Waals surface area contributed by atoms with Gasteiger partial charge in [0.15, 0.2) is 5.78 Å². The number of rotatable bonds is 2. The van der Waals surface area contributed by atoms with Crippen LogP contribution in [0.4, 0.5) is 0 Å². The van der Waals surface area contributed by atoms with Gasteiger partial charge in [-0.05, 0) is 34.5 Å². The maximum atomic E-state index is 11.4. The van der Waals surface area contributed by atoms with Crippen LogP contribution in [0, 0.1) is 6.92 Å². The molecule has 1 N–H and O–H groups in total. The first-order valence-electron chi connectivity index (χ1n) is 4.19. The van der Waals surface area contributed by atoms with Crippen molar-refractivity contribution < 1.29 is 9.90 Å². The molecule has 0 fully saturated rings. The third kappa shape index (κ3) is 1.93. The number of ketones is 1. The molecular weight excluding hydrogens is 267 g/mol. The monoisotopic (exact) mass is 276 g/mol. The molecule has 0 aliphatic rings. The summed E-state index contributed by atoms with van der Waals surface area (Å²) in [4.78, 5) is 11.4. The number of benzene rings is 1. The van der Waals surface area contributed by atoms with Gasteiger partial charge in [0, 0.05) is 6.42 Å². The van der Waals surface area contributed by atoms with Crippen molar-refractivity contribution in [2.24, 2.45) is 0 Å². The van der Waals surface area contributed by atoms with E-state index in [1.54, 1.807) is 19.9 Å². The quantitative estimate of drug-likeness (QED) is 0.837. The minimum Gasteiger partial charge on any atom is -0.506 e. The lowest BCUT2D eigenvalue weighted by Gasteiger charge is -2.08. The Balaban J connectivity index is 3.40. The van der Waals surface area contributed by atoms with Crippen LogP contribution in [-0.4, -0.2) is 10.9 Å². The van der Waals surface area contributed by atoms with Crippen LogP contribution in [0.25, 0.3) is 0 Å². The molecule has 0 aliphatic heterocycles. The van der Waals surface area contributed by atoms with Crippen molar-refractivity contribution in [3.8, 4) is 5.75 Å². The van der Waals surface area contributed by atoms with Gasteiger partial charge in [0.05, 0.1) is 15.1 Å². The molecule has 0 spiro atoms. The molecule has 0 atom stereocenters. The molecule has 0 bridgehead atoms. The molecule has 1 aromatic rings. The van der Waals surface area contributed by atoms with E-state index in [0.29, 0.717) is 21.5 Å². The second-order valence-corrected chi connectivity index (χ2v) is 4.17. The summed E-state index contributed by atoms with van der Waals surface area (Å²) in [6.07, 6.45) is 0.362. The Labute approximate surface area is 96.0 Å². The van der Waals surface area contributed by atoms with Crippen LogP contribution in [0.3, 0.4) is 0 Å². The van der Waals surface area contributed by atoms with Gasteiger partial charge in [0.2, 0.25) is 0 Å². The molecule has 14 heavy (non-hydrogen) atoms. The van der Waals surface area contributed by atoms with Crippen molar-refractivity contribution in [3.63, 3.8) is 0 Å². The number of aryl methyl sites for hydroxylation is 1. The zero-order valence-corrected chi connectivity index (χ0v) is 10.2. The zero-order chi connectivity index (χ0) is 10.9. The van der Waals surface area contributed by atoms with Crippen LogP contribution < -0.4 is 0 Å². The number of hydrogen-bond donors (Lipinski definition) is 1. The number of phenols is 1. The fraction of sp³-hybridized carbons (Fsp3) is 0.300. The van der Waals surface area contributed by atoms with Crippen molar-refractivity contribution >= 4 is 33.3 Å². The smallest absolute Gasteiger partial charge is 0.166 e. The normalized spacial score (nSPS) is 10.3. The lowest BCUT2D eigenvalue weighted by atomic mass is 10.1. The molecule has 0 unspecified atom stereocenters. The summed E-state index contributed by atoms with van der Waals surface area (Å²) in [5, 5.41) is 10.1. The van der Waals surface area contributed by atoms with Crippen molar-refractivity contribution in [1.82, 2.24) is 0 Å². The Morgan fingerprint density at radius 1 is 1.64 bits per heavy atom. The summed E-state index contributed by atoms with van der Waals surface area (Å²) in [5.74, 6) is -0.171. The lowest BCUT2D eigenvalue weighted by molar-refractivity contribution is 0.0985. The maximum absolute atomic E-state index is 11.4. The molecule has 0 aromatic heterocycles. The van der Waals surface area contributed by atoms with Gasteiger partial charge >= 0.3 is 0 Å².